The van der Waals surface area contributed by atoms with Gasteiger partial charge in [0.15, 0.2) is 0 Å². The highest BCUT2D eigenvalue weighted by atomic mass is 16.5. The lowest BCUT2D eigenvalue weighted by molar-refractivity contribution is -0.840. The molecule has 102 valence electrons. The number of esters is 1. The van der Waals surface area contributed by atoms with Crippen molar-refractivity contribution in [2.24, 2.45) is 5.92 Å². The molecule has 0 aliphatic carbocycles. The number of hydrogen-bond donors (Lipinski definition) is 1. The van der Waals surface area contributed by atoms with Gasteiger partial charge in [-0.1, -0.05) is 0 Å². The summed E-state index contributed by atoms with van der Waals surface area (Å²) in [4.78, 5) is 35.8. The second-order valence-corrected chi connectivity index (χ2v) is 5.69. The number of nitrogens with zero attached hydrogens (tertiary/aromatic N) is 1. The molecule has 1 aliphatic rings. The Labute approximate surface area is 106 Å². The Kier molecular flexibility index (Phi) is 3.53. The molecule has 1 rings (SSSR count). The summed E-state index contributed by atoms with van der Waals surface area (Å²) in [7, 11) is 1.20. The maximum atomic E-state index is 12.3. The maximum Gasteiger partial charge on any atom is 0.522 e. The van der Waals surface area contributed by atoms with Crippen molar-refractivity contribution in [2.45, 2.75) is 45.7 Å². The molecule has 0 spiro atoms. The van der Waals surface area contributed by atoms with Gasteiger partial charge in [0.05, 0.1) is 13.0 Å². The van der Waals surface area contributed by atoms with E-state index in [2.05, 4.69) is 4.74 Å². The Morgan fingerprint density at radius 2 is 1.89 bits per heavy atom. The van der Waals surface area contributed by atoms with Crippen LogP contribution >= 0.6 is 0 Å². The van der Waals surface area contributed by atoms with Gasteiger partial charge in [-0.25, -0.2) is 9.59 Å². The first-order valence-electron chi connectivity index (χ1n) is 5.85. The highest BCUT2D eigenvalue weighted by molar-refractivity contribution is 5.90. The van der Waals surface area contributed by atoms with E-state index in [9.17, 15) is 19.5 Å². The quantitative estimate of drug-likeness (QED) is 0.567. The van der Waals surface area contributed by atoms with Crippen LogP contribution < -0.4 is 0 Å². The summed E-state index contributed by atoms with van der Waals surface area (Å²) < 4.78 is 3.77. The molecule has 1 unspecified atom stereocenters. The number of carboxylic acid groups (broad SMARTS) is 1. The van der Waals surface area contributed by atoms with E-state index in [1.807, 2.05) is 0 Å². The molecule has 2 amide bonds. The molecule has 6 nitrogen and oxygen atoms in total. The normalized spacial score (nSPS) is 32.4. The topological polar surface area (TPSA) is 80.7 Å². The van der Waals surface area contributed by atoms with Crippen molar-refractivity contribution in [2.75, 3.05) is 7.11 Å². The number of quaternary nitrogens is 1. The number of amides is 2. The van der Waals surface area contributed by atoms with Crippen molar-refractivity contribution in [1.29, 1.82) is 0 Å². The number of carbonyl (C=O) groups is 3. The molecule has 0 aromatic rings. The lowest BCUT2D eigenvalue weighted by atomic mass is 9.99. The number of carbonyl (C=O) groups excluding carboxylic acids is 2. The van der Waals surface area contributed by atoms with Crippen molar-refractivity contribution < 1.29 is 28.7 Å². The number of hydrogen-bond acceptors (Lipinski definition) is 4. The molecule has 0 saturated carbocycles. The van der Waals surface area contributed by atoms with Gasteiger partial charge in [0.25, 0.3) is 0 Å². The maximum absolute atomic E-state index is 12.3. The van der Waals surface area contributed by atoms with Crippen molar-refractivity contribution in [1.82, 2.24) is 0 Å². The summed E-state index contributed by atoms with van der Waals surface area (Å²) in [5.41, 5.74) is -0.910. The van der Waals surface area contributed by atoms with Crippen LogP contribution in [-0.2, 0) is 14.3 Å². The largest absolute Gasteiger partial charge is 0.522 e. The van der Waals surface area contributed by atoms with Crippen LogP contribution in [0, 0.1) is 5.92 Å². The average Bonchev–Trinajstić information content (AvgIpc) is 2.50. The van der Waals surface area contributed by atoms with Crippen LogP contribution in [0.1, 0.15) is 34.1 Å². The zero-order valence-corrected chi connectivity index (χ0v) is 11.4. The highest BCUT2D eigenvalue weighted by Gasteiger charge is 2.68. The van der Waals surface area contributed by atoms with Gasteiger partial charge in [0.2, 0.25) is 6.04 Å². The minimum absolute atomic E-state index is 0.203. The summed E-state index contributed by atoms with van der Waals surface area (Å²) >= 11 is 0. The van der Waals surface area contributed by atoms with E-state index in [1.54, 1.807) is 27.7 Å². The minimum Gasteiger partial charge on any atom is -0.465 e. The minimum atomic E-state index is -1.30. The molecule has 1 aliphatic heterocycles. The van der Waals surface area contributed by atoms with Crippen LogP contribution in [0.2, 0.25) is 0 Å². The van der Waals surface area contributed by atoms with Crippen molar-refractivity contribution >= 4 is 18.0 Å². The van der Waals surface area contributed by atoms with E-state index in [0.717, 1.165) is 0 Å². The molecule has 1 heterocycles. The second-order valence-electron chi connectivity index (χ2n) is 5.69. The molecule has 0 aromatic heterocycles. The average molecular weight is 258 g/mol. The van der Waals surface area contributed by atoms with Gasteiger partial charge >= 0.3 is 18.0 Å². The van der Waals surface area contributed by atoms with E-state index in [-0.39, 0.29) is 6.42 Å². The molecule has 0 bridgehead atoms. The third-order valence-electron chi connectivity index (χ3n) is 3.65. The first-order valence-corrected chi connectivity index (χ1v) is 5.85. The van der Waals surface area contributed by atoms with Crippen LogP contribution in [0.5, 0.6) is 0 Å². The van der Waals surface area contributed by atoms with Crippen LogP contribution in [0.25, 0.3) is 0 Å². The molecule has 0 radical (unpaired) electrons. The Hall–Kier alpha value is -1.43. The summed E-state index contributed by atoms with van der Waals surface area (Å²) in [6.07, 6.45) is -1.10. The molecule has 6 heteroatoms. The second kappa shape index (κ2) is 4.35. The molecule has 18 heavy (non-hydrogen) atoms. The number of rotatable bonds is 1. The third kappa shape index (κ3) is 1.71. The van der Waals surface area contributed by atoms with Crippen molar-refractivity contribution in [3.05, 3.63) is 0 Å². The predicted octanol–water partition coefficient (Wildman–Crippen LogP) is 1.39. The fraction of sp³-hybridized carbons (Fsp3) is 0.750. The summed E-state index contributed by atoms with van der Waals surface area (Å²) in [5.74, 6) is -1.56. The lowest BCUT2D eigenvalue weighted by Gasteiger charge is -2.41. The smallest absolute Gasteiger partial charge is 0.465 e. The lowest BCUT2D eigenvalue weighted by Crippen LogP contribution is -2.70. The van der Waals surface area contributed by atoms with Gasteiger partial charge in [0.1, 0.15) is 5.54 Å². The Balaban J connectivity index is 3.47. The summed E-state index contributed by atoms with van der Waals surface area (Å²) in [6, 6.07) is -0.977. The zero-order valence-electron chi connectivity index (χ0n) is 11.4. The van der Waals surface area contributed by atoms with Gasteiger partial charge in [-0.05, 0) is 27.7 Å². The van der Waals surface area contributed by atoms with E-state index >= 15 is 0 Å². The van der Waals surface area contributed by atoms with Gasteiger partial charge in [-0.3, -0.25) is 0 Å². The number of ether oxygens (including phenoxy) is 1. The van der Waals surface area contributed by atoms with E-state index in [4.69, 9.17) is 0 Å². The van der Waals surface area contributed by atoms with Crippen LogP contribution in [0.15, 0.2) is 0 Å². The Morgan fingerprint density at radius 1 is 1.39 bits per heavy atom. The standard InChI is InChI=1S/C12H19NO5/c1-7-6-8(10(15)18-5)13(9(7)14,11(16)17)12(2,3)4/h7-8H,6H2,1-5H3/p+1/t7-,8-,13?/m0/s1. The summed E-state index contributed by atoms with van der Waals surface area (Å²) in [6.45, 7) is 6.58. The Bertz CT molecular complexity index is 398. The van der Waals surface area contributed by atoms with E-state index in [0.29, 0.717) is 0 Å². The highest BCUT2D eigenvalue weighted by Crippen LogP contribution is 2.41. The van der Waals surface area contributed by atoms with Crippen molar-refractivity contribution in [3.8, 4) is 0 Å². The van der Waals surface area contributed by atoms with Crippen molar-refractivity contribution in [3.63, 3.8) is 0 Å². The van der Waals surface area contributed by atoms with Crippen LogP contribution in [0.3, 0.4) is 0 Å². The third-order valence-corrected chi connectivity index (χ3v) is 3.65. The monoisotopic (exact) mass is 258 g/mol. The molecule has 1 N–H and O–H groups in total. The summed E-state index contributed by atoms with van der Waals surface area (Å²) in [5, 5.41) is 9.55. The van der Waals surface area contributed by atoms with Gasteiger partial charge < -0.3 is 9.84 Å². The first kappa shape index (κ1) is 14.6. The molecule has 1 fully saturated rings. The van der Waals surface area contributed by atoms with Crippen LogP contribution in [0.4, 0.5) is 4.79 Å². The molecular formula is C12H20NO5+. The number of likely N-dealkylation sites (tertiary alicyclic amines) is 1. The zero-order chi connectivity index (χ0) is 14.3. The van der Waals surface area contributed by atoms with E-state index in [1.165, 1.54) is 7.11 Å². The fourth-order valence-corrected chi connectivity index (χ4v) is 2.80. The van der Waals surface area contributed by atoms with Gasteiger partial charge in [-0.15, -0.1) is 4.48 Å². The van der Waals surface area contributed by atoms with Gasteiger partial charge in [0, 0.05) is 6.42 Å². The number of imide groups is 1. The van der Waals surface area contributed by atoms with E-state index < -0.39 is 40.0 Å². The Morgan fingerprint density at radius 3 is 2.22 bits per heavy atom. The van der Waals surface area contributed by atoms with Crippen LogP contribution in [-0.4, -0.2) is 46.2 Å². The van der Waals surface area contributed by atoms with Gasteiger partial charge in [-0.2, -0.15) is 4.79 Å². The molecule has 3 atom stereocenters. The molecule has 1 saturated heterocycles. The first-order chi connectivity index (χ1) is 8.10. The SMILES string of the molecule is COC(=O)[C@@H]1C[C@H](C)C(=O)[N+]1(C(=O)O)C(C)(C)C. The molecular weight excluding hydrogens is 238 g/mol. The predicted molar refractivity (Wildman–Crippen MR) is 62.6 cm³/mol. The number of methoxy groups -OCH3 is 1. The fourth-order valence-electron chi connectivity index (χ4n) is 2.80. The molecule has 0 aromatic carbocycles.